The zero-order chi connectivity index (χ0) is 14.8. The van der Waals surface area contributed by atoms with Crippen molar-refractivity contribution in [2.24, 2.45) is 0 Å². The Kier molecular flexibility index (Phi) is 3.91. The van der Waals surface area contributed by atoms with Gasteiger partial charge in [0.25, 0.3) is 10.0 Å². The van der Waals surface area contributed by atoms with E-state index in [2.05, 4.69) is 14.4 Å². The highest BCUT2D eigenvalue weighted by molar-refractivity contribution is 7.92. The van der Waals surface area contributed by atoms with Crippen molar-refractivity contribution >= 4 is 33.0 Å². The number of methoxy groups -OCH3 is 1. The molecule has 9 heteroatoms. The fourth-order valence-corrected chi connectivity index (χ4v) is 3.28. The molecule has 0 amide bonds. The van der Waals surface area contributed by atoms with Crippen LogP contribution in [0.4, 0.5) is 5.69 Å². The van der Waals surface area contributed by atoms with Crippen LogP contribution in [-0.2, 0) is 14.8 Å². The zero-order valence-corrected chi connectivity index (χ0v) is 11.9. The number of hydrogen-bond donors (Lipinski definition) is 2. The summed E-state index contributed by atoms with van der Waals surface area (Å²) < 4.78 is 31.0. The minimum absolute atomic E-state index is 0.112. The van der Waals surface area contributed by atoms with Crippen molar-refractivity contribution in [3.8, 4) is 0 Å². The number of anilines is 1. The van der Waals surface area contributed by atoms with Crippen LogP contribution in [0.5, 0.6) is 0 Å². The van der Waals surface area contributed by atoms with Crippen molar-refractivity contribution in [1.29, 1.82) is 0 Å². The smallest absolute Gasteiger partial charge is 0.350 e. The number of H-pyrrole nitrogens is 1. The maximum Gasteiger partial charge on any atom is 0.350 e. The van der Waals surface area contributed by atoms with Crippen LogP contribution in [0.15, 0.2) is 39.5 Å². The molecule has 0 aliphatic heterocycles. The molecule has 2 N–H and O–H groups in total. The summed E-state index contributed by atoms with van der Waals surface area (Å²) in [5.41, 5.74) is -0.275. The minimum Gasteiger partial charge on any atom is -0.465 e. The highest BCUT2D eigenvalue weighted by Gasteiger charge is 2.20. The molecule has 0 bridgehead atoms. The van der Waals surface area contributed by atoms with Gasteiger partial charge in [0.2, 0.25) is 5.56 Å². The van der Waals surface area contributed by atoms with Crippen LogP contribution in [0.25, 0.3) is 0 Å². The van der Waals surface area contributed by atoms with E-state index in [-0.39, 0.29) is 15.5 Å². The Morgan fingerprint density at radius 3 is 2.70 bits per heavy atom. The second kappa shape index (κ2) is 5.47. The number of carbonyl (C=O) groups excluding carboxylic acids is 1. The second-order valence-corrected chi connectivity index (χ2v) is 6.25. The number of thiophene rings is 1. The minimum atomic E-state index is -3.89. The lowest BCUT2D eigenvalue weighted by atomic mass is 10.4. The molecule has 0 atom stereocenters. The molecule has 106 valence electrons. The number of sulfonamides is 1. The summed E-state index contributed by atoms with van der Waals surface area (Å²) in [6.07, 6.45) is 1.08. The van der Waals surface area contributed by atoms with Crippen LogP contribution in [0, 0.1) is 0 Å². The standard InChI is InChI=1S/C11H10N2O5S2/c1-18-11(15)10-8(4-5-19-10)13-20(16,17)7-2-3-9(14)12-6-7/h2-6,13H,1H3,(H,12,14). The van der Waals surface area contributed by atoms with E-state index < -0.39 is 21.6 Å². The topological polar surface area (TPSA) is 105 Å². The number of hydrogen-bond acceptors (Lipinski definition) is 6. The lowest BCUT2D eigenvalue weighted by Gasteiger charge is -2.07. The van der Waals surface area contributed by atoms with E-state index in [9.17, 15) is 18.0 Å². The van der Waals surface area contributed by atoms with Gasteiger partial charge in [-0.15, -0.1) is 11.3 Å². The molecule has 0 saturated heterocycles. The Balaban J connectivity index is 2.34. The van der Waals surface area contributed by atoms with Gasteiger partial charge >= 0.3 is 5.97 Å². The van der Waals surface area contributed by atoms with E-state index in [1.54, 1.807) is 5.38 Å². The molecular weight excluding hydrogens is 304 g/mol. The summed E-state index contributed by atoms with van der Waals surface area (Å²) in [5.74, 6) is -0.626. The summed E-state index contributed by atoms with van der Waals surface area (Å²) in [6.45, 7) is 0. The van der Waals surface area contributed by atoms with Crippen molar-refractivity contribution in [3.05, 3.63) is 45.0 Å². The Labute approximate surface area is 118 Å². The number of carbonyl (C=O) groups is 1. The third-order valence-corrected chi connectivity index (χ3v) is 4.60. The second-order valence-electron chi connectivity index (χ2n) is 3.65. The maximum absolute atomic E-state index is 12.1. The fourth-order valence-electron chi connectivity index (χ4n) is 1.41. The van der Waals surface area contributed by atoms with Gasteiger partial charge in [-0.25, -0.2) is 13.2 Å². The number of aromatic nitrogens is 1. The Hall–Kier alpha value is -2.13. The number of aromatic amines is 1. The molecule has 0 unspecified atom stereocenters. The van der Waals surface area contributed by atoms with Crippen LogP contribution in [0.2, 0.25) is 0 Å². The average molecular weight is 314 g/mol. The van der Waals surface area contributed by atoms with Crippen LogP contribution in [-0.4, -0.2) is 26.5 Å². The molecule has 0 aliphatic carbocycles. The molecular formula is C11H10N2O5S2. The lowest BCUT2D eigenvalue weighted by Crippen LogP contribution is -2.16. The highest BCUT2D eigenvalue weighted by atomic mass is 32.2. The third kappa shape index (κ3) is 2.89. The van der Waals surface area contributed by atoms with Crippen molar-refractivity contribution in [1.82, 2.24) is 4.98 Å². The molecule has 0 spiro atoms. The Morgan fingerprint density at radius 2 is 2.10 bits per heavy atom. The van der Waals surface area contributed by atoms with Crippen molar-refractivity contribution in [2.75, 3.05) is 11.8 Å². The monoisotopic (exact) mass is 314 g/mol. The predicted octanol–water partition coefficient (Wildman–Crippen LogP) is 1.02. The van der Waals surface area contributed by atoms with Crippen molar-refractivity contribution in [3.63, 3.8) is 0 Å². The van der Waals surface area contributed by atoms with Gasteiger partial charge in [0, 0.05) is 12.3 Å². The van der Waals surface area contributed by atoms with E-state index >= 15 is 0 Å². The molecule has 2 aromatic heterocycles. The normalized spacial score (nSPS) is 11.1. The van der Waals surface area contributed by atoms with Crippen molar-refractivity contribution in [2.45, 2.75) is 4.90 Å². The first-order valence-corrected chi connectivity index (χ1v) is 7.67. The molecule has 0 fully saturated rings. The molecule has 0 aliphatic rings. The van der Waals surface area contributed by atoms with Gasteiger partial charge in [0.1, 0.15) is 9.77 Å². The first kappa shape index (κ1) is 14.3. The van der Waals surface area contributed by atoms with E-state index in [1.807, 2.05) is 0 Å². The SMILES string of the molecule is COC(=O)c1sccc1NS(=O)(=O)c1ccc(=O)[nH]c1. The quantitative estimate of drug-likeness (QED) is 0.820. The van der Waals surface area contributed by atoms with Gasteiger partial charge in [-0.1, -0.05) is 0 Å². The summed E-state index contributed by atoms with van der Waals surface area (Å²) >= 11 is 1.06. The average Bonchev–Trinajstić information content (AvgIpc) is 2.85. The highest BCUT2D eigenvalue weighted by Crippen LogP contribution is 2.25. The molecule has 0 radical (unpaired) electrons. The van der Waals surface area contributed by atoms with Crippen LogP contribution < -0.4 is 10.3 Å². The van der Waals surface area contributed by atoms with Crippen LogP contribution in [0.1, 0.15) is 9.67 Å². The Bertz CT molecular complexity index is 771. The summed E-state index contributed by atoms with van der Waals surface area (Å²) in [6, 6.07) is 3.73. The summed E-state index contributed by atoms with van der Waals surface area (Å²) in [7, 11) is -2.67. The Morgan fingerprint density at radius 1 is 1.35 bits per heavy atom. The van der Waals surface area contributed by atoms with Gasteiger partial charge < -0.3 is 9.72 Å². The van der Waals surface area contributed by atoms with Gasteiger partial charge in [-0.2, -0.15) is 0 Å². The van der Waals surface area contributed by atoms with E-state index in [0.29, 0.717) is 0 Å². The largest absolute Gasteiger partial charge is 0.465 e. The number of nitrogens with one attached hydrogen (secondary N) is 2. The van der Waals surface area contributed by atoms with E-state index in [4.69, 9.17) is 0 Å². The molecule has 0 saturated carbocycles. The number of esters is 1. The van der Waals surface area contributed by atoms with Crippen LogP contribution >= 0.6 is 11.3 Å². The molecule has 2 aromatic rings. The number of pyridine rings is 1. The van der Waals surface area contributed by atoms with Gasteiger partial charge in [-0.05, 0) is 17.5 Å². The van der Waals surface area contributed by atoms with Gasteiger partial charge in [0.15, 0.2) is 0 Å². The first-order chi connectivity index (χ1) is 9.44. The third-order valence-electron chi connectivity index (χ3n) is 2.35. The molecule has 20 heavy (non-hydrogen) atoms. The maximum atomic E-state index is 12.1. The van der Waals surface area contributed by atoms with Gasteiger partial charge in [0.05, 0.1) is 12.8 Å². The number of rotatable bonds is 4. The number of ether oxygens (including phenoxy) is 1. The van der Waals surface area contributed by atoms with E-state index in [1.165, 1.54) is 19.2 Å². The summed E-state index contributed by atoms with van der Waals surface area (Å²) in [4.78, 5) is 24.7. The molecule has 7 nitrogen and oxygen atoms in total. The fraction of sp³-hybridized carbons (Fsp3) is 0.0909. The summed E-state index contributed by atoms with van der Waals surface area (Å²) in [5, 5.41) is 1.57. The van der Waals surface area contributed by atoms with Crippen LogP contribution in [0.3, 0.4) is 0 Å². The molecule has 2 heterocycles. The first-order valence-electron chi connectivity index (χ1n) is 5.31. The van der Waals surface area contributed by atoms with Crippen molar-refractivity contribution < 1.29 is 17.9 Å². The van der Waals surface area contributed by atoms with E-state index in [0.717, 1.165) is 23.6 Å². The predicted molar refractivity (Wildman–Crippen MR) is 73.5 cm³/mol. The van der Waals surface area contributed by atoms with Gasteiger partial charge in [-0.3, -0.25) is 9.52 Å². The lowest BCUT2D eigenvalue weighted by molar-refractivity contribution is 0.0607. The molecule has 0 aromatic carbocycles. The molecule has 2 rings (SSSR count). The zero-order valence-electron chi connectivity index (χ0n) is 10.2.